The molecule has 4 N–H and O–H groups in total. The molecule has 0 bridgehead atoms. The minimum Gasteiger partial charge on any atom is -0.468 e. The Hall–Kier alpha value is -6.33. The highest BCUT2D eigenvalue weighted by Gasteiger charge is 2.27. The van der Waals surface area contributed by atoms with E-state index in [0.717, 1.165) is 22.8 Å². The van der Waals surface area contributed by atoms with Crippen molar-refractivity contribution in [2.75, 3.05) is 33.3 Å². The molecular weight excluding hydrogens is 781 g/mol. The van der Waals surface area contributed by atoms with Gasteiger partial charge >= 0.3 is 12.1 Å². The second-order valence-electron chi connectivity index (χ2n) is 15.3. The first kappa shape index (κ1) is 47.3. The number of pyridine rings is 4. The summed E-state index contributed by atoms with van der Waals surface area (Å²) in [5.41, 5.74) is 2.65. The number of nitrogens with zero attached hydrogens (tertiary/aromatic N) is 6. The lowest BCUT2D eigenvalue weighted by molar-refractivity contribution is -0.141. The highest BCUT2D eigenvalue weighted by Crippen LogP contribution is 2.13. The molecule has 4 amide bonds. The van der Waals surface area contributed by atoms with E-state index in [1.54, 1.807) is 45.6 Å². The van der Waals surface area contributed by atoms with Gasteiger partial charge in [-0.1, -0.05) is 24.3 Å². The van der Waals surface area contributed by atoms with Gasteiger partial charge < -0.3 is 30.7 Å². The van der Waals surface area contributed by atoms with Crippen LogP contribution < -0.4 is 21.3 Å². The first-order valence-electron chi connectivity index (χ1n) is 20.3. The molecular formula is C44H58N10O7. The monoisotopic (exact) mass is 838 g/mol. The van der Waals surface area contributed by atoms with Crippen molar-refractivity contribution >= 4 is 29.8 Å². The largest absolute Gasteiger partial charge is 0.468 e. The number of alkyl carbamates (subject to hydrolysis) is 1. The van der Waals surface area contributed by atoms with Crippen LogP contribution in [0.4, 0.5) is 4.79 Å². The second kappa shape index (κ2) is 25.3. The average Bonchev–Trinajstić information content (AvgIpc) is 3.24. The summed E-state index contributed by atoms with van der Waals surface area (Å²) in [4.78, 5) is 87.2. The molecule has 4 aromatic heterocycles. The number of amides is 4. The standard InChI is InChI=1S/C44H58N10O7/c1-44(2,3)61-43(59)52-38(20-14-26-54(31-35-17-7-11-23-47-35)32-36-18-8-12-24-48-36)42(58)49-27-39(55)51-37(41(57)50-28-40(56)60-4)19-13-25-53(29-33-15-5-9-21-45-33)30-34-16-6-10-22-46-34/h5-12,15-18,21-24,37-38H,13-14,19-20,25-32H2,1-4H3,(H,49,58)(H,50,57)(H,51,55)(H,52,59)/t37-,38+/m1/s1. The summed E-state index contributed by atoms with van der Waals surface area (Å²) in [6, 6.07) is 20.7. The molecule has 0 unspecified atom stereocenters. The fourth-order valence-corrected chi connectivity index (χ4v) is 6.23. The molecule has 0 saturated heterocycles. The SMILES string of the molecule is COC(=O)CNC(=O)[C@@H](CCCN(Cc1ccccn1)Cc1ccccn1)NC(=O)CNC(=O)[C@H](CCCN(Cc1ccccn1)Cc1ccccn1)NC(=O)OC(C)(C)C. The topological polar surface area (TPSA) is 210 Å². The molecule has 0 aromatic carbocycles. The highest BCUT2D eigenvalue weighted by atomic mass is 16.6. The van der Waals surface area contributed by atoms with Gasteiger partial charge in [0.15, 0.2) is 0 Å². The Morgan fingerprint density at radius 1 is 0.590 bits per heavy atom. The number of ether oxygens (including phenoxy) is 2. The number of rotatable bonds is 24. The van der Waals surface area contributed by atoms with E-state index in [4.69, 9.17) is 4.74 Å². The van der Waals surface area contributed by atoms with Gasteiger partial charge in [0.2, 0.25) is 17.7 Å². The van der Waals surface area contributed by atoms with Crippen molar-refractivity contribution in [3.8, 4) is 0 Å². The van der Waals surface area contributed by atoms with Crippen molar-refractivity contribution < 1.29 is 33.4 Å². The number of nitrogens with one attached hydrogen (secondary N) is 4. The smallest absolute Gasteiger partial charge is 0.408 e. The Kier molecular flexibility index (Phi) is 19.7. The molecule has 0 saturated carbocycles. The van der Waals surface area contributed by atoms with Crippen molar-refractivity contribution in [3.05, 3.63) is 120 Å². The van der Waals surface area contributed by atoms with Crippen LogP contribution >= 0.6 is 0 Å². The Morgan fingerprint density at radius 2 is 0.984 bits per heavy atom. The van der Waals surface area contributed by atoms with Gasteiger partial charge in [-0.2, -0.15) is 0 Å². The van der Waals surface area contributed by atoms with E-state index in [9.17, 15) is 24.0 Å². The molecule has 17 heteroatoms. The van der Waals surface area contributed by atoms with Gasteiger partial charge in [0, 0.05) is 51.0 Å². The lowest BCUT2D eigenvalue weighted by Crippen LogP contribution is -2.53. The van der Waals surface area contributed by atoms with Crippen LogP contribution in [-0.2, 0) is 54.8 Å². The first-order chi connectivity index (χ1) is 29.4. The van der Waals surface area contributed by atoms with Crippen LogP contribution in [0.1, 0.15) is 69.2 Å². The number of hydrogen-bond acceptors (Lipinski definition) is 13. The molecule has 17 nitrogen and oxygen atoms in total. The zero-order chi connectivity index (χ0) is 43.9. The predicted octanol–water partition coefficient (Wildman–Crippen LogP) is 3.32. The van der Waals surface area contributed by atoms with Crippen molar-refractivity contribution in [1.29, 1.82) is 0 Å². The van der Waals surface area contributed by atoms with Crippen LogP contribution in [-0.4, -0.2) is 110 Å². The molecule has 2 atom stereocenters. The maximum absolute atomic E-state index is 13.6. The summed E-state index contributed by atoms with van der Waals surface area (Å²) < 4.78 is 10.1. The minimum atomic E-state index is -1.04. The van der Waals surface area contributed by atoms with Crippen LogP contribution in [0.2, 0.25) is 0 Å². The summed E-state index contributed by atoms with van der Waals surface area (Å²) in [7, 11) is 1.21. The molecule has 4 aromatic rings. The third kappa shape index (κ3) is 19.1. The summed E-state index contributed by atoms with van der Waals surface area (Å²) in [6.07, 6.45) is 7.53. The van der Waals surface area contributed by atoms with Crippen LogP contribution in [0.5, 0.6) is 0 Å². The van der Waals surface area contributed by atoms with Crippen molar-refractivity contribution in [2.45, 2.75) is 90.3 Å². The summed E-state index contributed by atoms with van der Waals surface area (Å²) in [5.74, 6) is -2.48. The number of aromatic nitrogens is 4. The number of hydrogen-bond donors (Lipinski definition) is 4. The molecule has 0 spiro atoms. The third-order valence-corrected chi connectivity index (χ3v) is 9.10. The number of carbonyl (C=O) groups excluding carboxylic acids is 5. The lowest BCUT2D eigenvalue weighted by Gasteiger charge is -2.25. The van der Waals surface area contributed by atoms with Gasteiger partial charge in [-0.25, -0.2) is 4.79 Å². The Morgan fingerprint density at radius 3 is 1.34 bits per heavy atom. The maximum atomic E-state index is 13.6. The van der Waals surface area contributed by atoms with Gasteiger partial charge in [0.1, 0.15) is 24.2 Å². The summed E-state index contributed by atoms with van der Waals surface area (Å²) in [5, 5.41) is 10.5. The number of methoxy groups -OCH3 is 1. The molecule has 326 valence electrons. The van der Waals surface area contributed by atoms with Crippen molar-refractivity contribution in [3.63, 3.8) is 0 Å². The summed E-state index contributed by atoms with van der Waals surface area (Å²) >= 11 is 0. The van der Waals surface area contributed by atoms with E-state index in [1.807, 2.05) is 72.8 Å². The molecule has 0 aliphatic rings. The van der Waals surface area contributed by atoms with E-state index in [-0.39, 0.29) is 19.4 Å². The zero-order valence-corrected chi connectivity index (χ0v) is 35.4. The number of esters is 1. The first-order valence-corrected chi connectivity index (χ1v) is 20.3. The van der Waals surface area contributed by atoms with Crippen LogP contribution in [0, 0.1) is 0 Å². The van der Waals surface area contributed by atoms with Crippen molar-refractivity contribution in [2.24, 2.45) is 0 Å². The third-order valence-electron chi connectivity index (χ3n) is 9.10. The average molecular weight is 839 g/mol. The predicted molar refractivity (Wildman–Crippen MR) is 227 cm³/mol. The van der Waals surface area contributed by atoms with Crippen LogP contribution in [0.3, 0.4) is 0 Å². The van der Waals surface area contributed by atoms with Gasteiger partial charge in [-0.05, 0) is 108 Å². The molecule has 4 heterocycles. The fraction of sp³-hybridized carbons (Fsp3) is 0.432. The van der Waals surface area contributed by atoms with Gasteiger partial charge in [-0.15, -0.1) is 0 Å². The zero-order valence-electron chi connectivity index (χ0n) is 35.4. The Labute approximate surface area is 357 Å². The molecule has 0 fully saturated rings. The molecule has 0 aliphatic heterocycles. The fourth-order valence-electron chi connectivity index (χ4n) is 6.23. The van der Waals surface area contributed by atoms with Crippen LogP contribution in [0.25, 0.3) is 0 Å². The van der Waals surface area contributed by atoms with E-state index in [1.165, 1.54) is 7.11 Å². The van der Waals surface area contributed by atoms with E-state index in [0.29, 0.717) is 52.1 Å². The Balaban J connectivity index is 1.39. The molecule has 4 rings (SSSR count). The van der Waals surface area contributed by atoms with E-state index >= 15 is 0 Å². The molecule has 0 aliphatic carbocycles. The molecule has 0 radical (unpaired) electrons. The normalized spacial score (nSPS) is 12.2. The Bertz CT molecular complexity index is 1860. The second-order valence-corrected chi connectivity index (χ2v) is 15.3. The number of carbonyl (C=O) groups is 5. The maximum Gasteiger partial charge on any atom is 0.408 e. The quantitative estimate of drug-likeness (QED) is 0.0748. The lowest BCUT2D eigenvalue weighted by atomic mass is 10.1. The van der Waals surface area contributed by atoms with Crippen LogP contribution in [0.15, 0.2) is 97.6 Å². The van der Waals surface area contributed by atoms with Crippen molar-refractivity contribution in [1.82, 2.24) is 51.0 Å². The highest BCUT2D eigenvalue weighted by molar-refractivity contribution is 5.92. The molecule has 61 heavy (non-hydrogen) atoms. The minimum absolute atomic E-state index is 0.212. The summed E-state index contributed by atoms with van der Waals surface area (Å²) in [6.45, 7) is 7.48. The van der Waals surface area contributed by atoms with Gasteiger partial charge in [0.05, 0.1) is 36.4 Å². The van der Waals surface area contributed by atoms with Gasteiger partial charge in [0.25, 0.3) is 0 Å². The van der Waals surface area contributed by atoms with E-state index in [2.05, 4.69) is 55.7 Å². The van der Waals surface area contributed by atoms with E-state index < -0.39 is 54.0 Å². The van der Waals surface area contributed by atoms with Gasteiger partial charge in [-0.3, -0.25) is 48.9 Å².